The molecule has 0 saturated heterocycles. The fraction of sp³-hybridized carbons (Fsp3) is 0.538. The van der Waals surface area contributed by atoms with Crippen LogP contribution in [0.4, 0.5) is 8.78 Å². The van der Waals surface area contributed by atoms with Crippen molar-refractivity contribution in [1.82, 2.24) is 4.13 Å². The van der Waals surface area contributed by atoms with Crippen molar-refractivity contribution in [3.05, 3.63) is 27.7 Å². The maximum atomic E-state index is 13.3. The van der Waals surface area contributed by atoms with Crippen LogP contribution < -0.4 is 4.13 Å². The lowest BCUT2D eigenvalue weighted by Crippen LogP contribution is -2.41. The molecule has 0 radical (unpaired) electrons. The Kier molecular flexibility index (Phi) is 5.96. The van der Waals surface area contributed by atoms with Crippen LogP contribution in [0.3, 0.4) is 0 Å². The summed E-state index contributed by atoms with van der Waals surface area (Å²) >= 11 is 8.82. The largest absolute Gasteiger partial charge is 0.253 e. The molecule has 2 rings (SSSR count). The smallest absolute Gasteiger partial charge is 0.211 e. The standard InChI is InChI=1S/C13H15BrClF2NO4S2/c14-9-5-10(15)7-11(6-9)24(21,22)18-23(19,20)8-13(12(16)17)3-1-2-4-13/h5-7,12,18H,1-4,8H2. The monoisotopic (exact) mass is 465 g/mol. The van der Waals surface area contributed by atoms with Crippen molar-refractivity contribution in [1.29, 1.82) is 0 Å². The van der Waals surface area contributed by atoms with Gasteiger partial charge < -0.3 is 0 Å². The molecule has 136 valence electrons. The number of halogens is 4. The van der Waals surface area contributed by atoms with E-state index in [9.17, 15) is 25.6 Å². The third kappa shape index (κ3) is 4.66. The quantitative estimate of drug-likeness (QED) is 0.695. The molecule has 0 spiro atoms. The molecule has 0 bridgehead atoms. The molecular formula is C13H15BrClF2NO4S2. The molecule has 1 saturated carbocycles. The van der Waals surface area contributed by atoms with Gasteiger partial charge in [0.25, 0.3) is 10.0 Å². The highest BCUT2D eigenvalue weighted by molar-refractivity contribution is 9.10. The first-order valence-electron chi connectivity index (χ1n) is 6.96. The summed E-state index contributed by atoms with van der Waals surface area (Å²) in [7, 11) is -8.93. The Morgan fingerprint density at radius 3 is 2.25 bits per heavy atom. The molecule has 0 aromatic heterocycles. The molecule has 1 fully saturated rings. The summed E-state index contributed by atoms with van der Waals surface area (Å²) in [6.07, 6.45) is -1.75. The van der Waals surface area contributed by atoms with E-state index in [-0.39, 0.29) is 22.8 Å². The van der Waals surface area contributed by atoms with Crippen molar-refractivity contribution in [2.24, 2.45) is 5.41 Å². The zero-order chi connectivity index (χ0) is 18.2. The minimum atomic E-state index is -4.48. The SMILES string of the molecule is O=S(=O)(CC1(C(F)F)CCCC1)NS(=O)(=O)c1cc(Cl)cc(Br)c1. The average molecular weight is 467 g/mol. The highest BCUT2D eigenvalue weighted by Crippen LogP contribution is 2.44. The highest BCUT2D eigenvalue weighted by atomic mass is 79.9. The second kappa shape index (κ2) is 7.14. The van der Waals surface area contributed by atoms with E-state index in [4.69, 9.17) is 11.6 Å². The fourth-order valence-electron chi connectivity index (χ4n) is 2.81. The molecule has 1 aliphatic rings. The second-order valence-corrected chi connectivity index (χ2v) is 10.8. The van der Waals surface area contributed by atoms with Gasteiger partial charge in [-0.2, -0.15) is 0 Å². The van der Waals surface area contributed by atoms with E-state index in [1.165, 1.54) is 12.1 Å². The van der Waals surface area contributed by atoms with Crippen LogP contribution >= 0.6 is 27.5 Å². The Hall–Kier alpha value is -0.290. The van der Waals surface area contributed by atoms with E-state index in [0.717, 1.165) is 6.07 Å². The summed E-state index contributed by atoms with van der Waals surface area (Å²) < 4.78 is 77.4. The molecule has 5 nitrogen and oxygen atoms in total. The van der Waals surface area contributed by atoms with Crippen molar-refractivity contribution >= 4 is 47.6 Å². The summed E-state index contributed by atoms with van der Waals surface area (Å²) in [5.41, 5.74) is -1.70. The predicted molar refractivity (Wildman–Crippen MR) is 90.2 cm³/mol. The molecule has 0 heterocycles. The van der Waals surface area contributed by atoms with Crippen LogP contribution in [0, 0.1) is 5.41 Å². The van der Waals surface area contributed by atoms with Crippen molar-refractivity contribution in [2.45, 2.75) is 37.0 Å². The number of hydrogen-bond acceptors (Lipinski definition) is 4. The third-order valence-corrected chi connectivity index (χ3v) is 8.30. The number of hydrogen-bond donors (Lipinski definition) is 1. The van der Waals surface area contributed by atoms with Gasteiger partial charge in [0.15, 0.2) is 0 Å². The van der Waals surface area contributed by atoms with E-state index in [1.54, 1.807) is 4.13 Å². The van der Waals surface area contributed by atoms with Crippen LogP contribution in [0.15, 0.2) is 27.6 Å². The van der Waals surface area contributed by atoms with Gasteiger partial charge in [0.2, 0.25) is 16.4 Å². The third-order valence-electron chi connectivity index (χ3n) is 3.92. The van der Waals surface area contributed by atoms with Crippen LogP contribution in [-0.2, 0) is 20.0 Å². The zero-order valence-corrected chi connectivity index (χ0v) is 16.3. The average Bonchev–Trinajstić information content (AvgIpc) is 2.85. The number of nitrogens with one attached hydrogen (secondary N) is 1. The van der Waals surface area contributed by atoms with Gasteiger partial charge in [-0.1, -0.05) is 40.4 Å². The Morgan fingerprint density at radius 1 is 1.17 bits per heavy atom. The molecule has 1 N–H and O–H groups in total. The first kappa shape index (κ1) is 20.0. The minimum Gasteiger partial charge on any atom is -0.211 e. The second-order valence-electron chi connectivity index (χ2n) is 5.82. The van der Waals surface area contributed by atoms with E-state index in [0.29, 0.717) is 17.3 Å². The summed E-state index contributed by atoms with van der Waals surface area (Å²) in [5.74, 6) is -0.932. The van der Waals surface area contributed by atoms with Crippen LogP contribution in [0.2, 0.25) is 5.02 Å². The number of rotatable bonds is 6. The van der Waals surface area contributed by atoms with Gasteiger partial charge in [-0.05, 0) is 31.0 Å². The van der Waals surface area contributed by atoms with Crippen LogP contribution in [0.5, 0.6) is 0 Å². The Labute approximate surface area is 153 Å². The maximum Gasteiger partial charge on any atom is 0.253 e. The minimum absolute atomic E-state index is 0.0499. The van der Waals surface area contributed by atoms with Crippen molar-refractivity contribution in [3.63, 3.8) is 0 Å². The van der Waals surface area contributed by atoms with Gasteiger partial charge in [0.1, 0.15) is 0 Å². The fourth-order valence-corrected chi connectivity index (χ4v) is 7.58. The molecule has 0 atom stereocenters. The van der Waals surface area contributed by atoms with Crippen LogP contribution in [0.1, 0.15) is 25.7 Å². The summed E-state index contributed by atoms with van der Waals surface area (Å²) in [4.78, 5) is -0.372. The lowest BCUT2D eigenvalue weighted by molar-refractivity contribution is 0.0141. The van der Waals surface area contributed by atoms with Crippen molar-refractivity contribution in [3.8, 4) is 0 Å². The van der Waals surface area contributed by atoms with Gasteiger partial charge in [-0.25, -0.2) is 25.6 Å². The molecule has 24 heavy (non-hydrogen) atoms. The zero-order valence-electron chi connectivity index (χ0n) is 12.3. The number of alkyl halides is 2. The molecular weight excluding hydrogens is 452 g/mol. The molecule has 1 aliphatic carbocycles. The number of benzene rings is 1. The topological polar surface area (TPSA) is 80.3 Å². The Morgan fingerprint density at radius 2 is 1.75 bits per heavy atom. The van der Waals surface area contributed by atoms with Crippen LogP contribution in [0.25, 0.3) is 0 Å². The molecule has 1 aromatic rings. The molecule has 1 aromatic carbocycles. The first-order valence-corrected chi connectivity index (χ1v) is 11.3. The van der Waals surface area contributed by atoms with Gasteiger partial charge >= 0.3 is 0 Å². The van der Waals surface area contributed by atoms with Crippen molar-refractivity contribution in [2.75, 3.05) is 5.75 Å². The Bertz CT molecular complexity index is 804. The number of sulfonamides is 2. The van der Waals surface area contributed by atoms with E-state index in [2.05, 4.69) is 15.9 Å². The molecule has 0 amide bonds. The van der Waals surface area contributed by atoms with Gasteiger partial charge in [0.05, 0.1) is 10.6 Å². The predicted octanol–water partition coefficient (Wildman–Crippen LogP) is 3.54. The van der Waals surface area contributed by atoms with Crippen LogP contribution in [-0.4, -0.2) is 29.0 Å². The molecule has 0 aliphatic heterocycles. The lowest BCUT2D eigenvalue weighted by atomic mass is 9.89. The molecule has 0 unspecified atom stereocenters. The van der Waals surface area contributed by atoms with Gasteiger partial charge in [0, 0.05) is 14.9 Å². The first-order chi connectivity index (χ1) is 11.0. The molecule has 11 heteroatoms. The van der Waals surface area contributed by atoms with Crippen molar-refractivity contribution < 1.29 is 25.6 Å². The lowest BCUT2D eigenvalue weighted by Gasteiger charge is -2.27. The van der Waals surface area contributed by atoms with E-state index >= 15 is 0 Å². The summed E-state index contributed by atoms with van der Waals surface area (Å²) in [5, 5.41) is 0.0852. The maximum absolute atomic E-state index is 13.3. The van der Waals surface area contributed by atoms with E-state index in [1.807, 2.05) is 0 Å². The summed E-state index contributed by atoms with van der Waals surface area (Å²) in [6.45, 7) is 0. The summed E-state index contributed by atoms with van der Waals surface area (Å²) in [6, 6.07) is 3.67. The van der Waals surface area contributed by atoms with Gasteiger partial charge in [-0.3, -0.25) is 0 Å². The normalized spacial score (nSPS) is 18.2. The van der Waals surface area contributed by atoms with Gasteiger partial charge in [-0.15, -0.1) is 4.13 Å². The Balaban J connectivity index is 2.27. The van der Waals surface area contributed by atoms with E-state index < -0.39 is 37.6 Å². The highest BCUT2D eigenvalue weighted by Gasteiger charge is 2.46.